The standard InChI is InChI=1S/C18H17ClO6S/c1-3-24-18(21)17(25-14-8-6-13(19)7-9-14)16(20)12-4-10-15(11-5-12)26(2,22)23/h4-11,17H,3H2,1-2H3. The third-order valence-corrected chi connectivity index (χ3v) is 4.75. The van der Waals surface area contributed by atoms with Crippen molar-refractivity contribution >= 4 is 33.2 Å². The topological polar surface area (TPSA) is 86.7 Å². The van der Waals surface area contributed by atoms with E-state index < -0.39 is 27.7 Å². The van der Waals surface area contributed by atoms with Gasteiger partial charge in [-0.3, -0.25) is 4.79 Å². The first-order chi connectivity index (χ1) is 12.2. The molecule has 0 aliphatic rings. The maximum Gasteiger partial charge on any atom is 0.355 e. The quantitative estimate of drug-likeness (QED) is 0.406. The number of hydrogen-bond donors (Lipinski definition) is 0. The van der Waals surface area contributed by atoms with Crippen molar-refractivity contribution in [3.05, 3.63) is 59.1 Å². The Labute approximate surface area is 156 Å². The highest BCUT2D eigenvalue weighted by Gasteiger charge is 2.31. The van der Waals surface area contributed by atoms with E-state index >= 15 is 0 Å². The summed E-state index contributed by atoms with van der Waals surface area (Å²) in [4.78, 5) is 24.9. The molecule has 138 valence electrons. The number of sulfone groups is 1. The van der Waals surface area contributed by atoms with Crippen LogP contribution in [0.25, 0.3) is 0 Å². The number of rotatable bonds is 7. The van der Waals surface area contributed by atoms with E-state index in [0.29, 0.717) is 5.02 Å². The van der Waals surface area contributed by atoms with Gasteiger partial charge in [-0.15, -0.1) is 0 Å². The van der Waals surface area contributed by atoms with Gasteiger partial charge in [-0.1, -0.05) is 11.6 Å². The lowest BCUT2D eigenvalue weighted by atomic mass is 10.1. The fourth-order valence-corrected chi connectivity index (χ4v) is 2.85. The summed E-state index contributed by atoms with van der Waals surface area (Å²) in [6.07, 6.45) is -0.449. The van der Waals surface area contributed by atoms with Crippen LogP contribution in [0.5, 0.6) is 5.75 Å². The zero-order chi connectivity index (χ0) is 19.3. The second-order valence-electron chi connectivity index (χ2n) is 5.36. The van der Waals surface area contributed by atoms with Crippen molar-refractivity contribution in [3.8, 4) is 5.75 Å². The Morgan fingerprint density at radius 1 is 1.04 bits per heavy atom. The lowest BCUT2D eigenvalue weighted by Gasteiger charge is -2.17. The molecule has 0 aliphatic carbocycles. The van der Waals surface area contributed by atoms with Crippen LogP contribution in [0.3, 0.4) is 0 Å². The van der Waals surface area contributed by atoms with E-state index in [1.165, 1.54) is 36.4 Å². The number of esters is 1. The van der Waals surface area contributed by atoms with Crippen LogP contribution in [0.1, 0.15) is 17.3 Å². The lowest BCUT2D eigenvalue weighted by Crippen LogP contribution is -2.37. The molecule has 0 radical (unpaired) electrons. The van der Waals surface area contributed by atoms with Crippen molar-refractivity contribution in [2.24, 2.45) is 0 Å². The molecule has 0 aliphatic heterocycles. The van der Waals surface area contributed by atoms with E-state index in [0.717, 1.165) is 6.26 Å². The normalized spacial score (nSPS) is 12.3. The summed E-state index contributed by atoms with van der Waals surface area (Å²) in [5.41, 5.74) is 0.129. The number of Topliss-reactive ketones (excluding diaryl/α,β-unsaturated/α-hetero) is 1. The highest BCUT2D eigenvalue weighted by Crippen LogP contribution is 2.19. The SMILES string of the molecule is CCOC(=O)C(Oc1ccc(Cl)cc1)C(=O)c1ccc(S(C)(=O)=O)cc1. The Morgan fingerprint density at radius 3 is 2.12 bits per heavy atom. The maximum atomic E-state index is 12.7. The molecule has 0 aromatic heterocycles. The second kappa shape index (κ2) is 8.33. The lowest BCUT2D eigenvalue weighted by molar-refractivity contribution is -0.149. The van der Waals surface area contributed by atoms with Gasteiger partial charge in [0.2, 0.25) is 5.78 Å². The van der Waals surface area contributed by atoms with Crippen LogP contribution in [0.15, 0.2) is 53.4 Å². The molecule has 1 unspecified atom stereocenters. The number of benzene rings is 2. The summed E-state index contributed by atoms with van der Waals surface area (Å²) in [6.45, 7) is 1.70. The summed E-state index contributed by atoms with van der Waals surface area (Å²) in [5, 5.41) is 0.479. The number of halogens is 1. The van der Waals surface area contributed by atoms with Crippen LogP contribution in [0.4, 0.5) is 0 Å². The van der Waals surface area contributed by atoms with Gasteiger partial charge in [-0.2, -0.15) is 0 Å². The summed E-state index contributed by atoms with van der Waals surface area (Å²) in [5.74, 6) is -1.20. The molecule has 0 amide bonds. The fourth-order valence-electron chi connectivity index (χ4n) is 2.09. The number of ketones is 1. The molecule has 0 saturated heterocycles. The average molecular weight is 397 g/mol. The van der Waals surface area contributed by atoms with E-state index in [4.69, 9.17) is 21.1 Å². The Hall–Kier alpha value is -2.38. The maximum absolute atomic E-state index is 12.7. The van der Waals surface area contributed by atoms with Crippen molar-refractivity contribution in [3.63, 3.8) is 0 Å². The molecule has 0 spiro atoms. The van der Waals surface area contributed by atoms with Crippen molar-refractivity contribution in [1.82, 2.24) is 0 Å². The highest BCUT2D eigenvalue weighted by atomic mass is 35.5. The van der Waals surface area contributed by atoms with E-state index in [1.54, 1.807) is 19.1 Å². The van der Waals surface area contributed by atoms with Gasteiger partial charge in [0.1, 0.15) is 5.75 Å². The molecule has 0 bridgehead atoms. The second-order valence-corrected chi connectivity index (χ2v) is 7.82. The molecule has 2 aromatic rings. The van der Waals surface area contributed by atoms with Gasteiger partial charge in [-0.25, -0.2) is 13.2 Å². The molecule has 6 nitrogen and oxygen atoms in total. The Balaban J connectivity index is 2.30. The summed E-state index contributed by atoms with van der Waals surface area (Å²) in [7, 11) is -3.39. The van der Waals surface area contributed by atoms with Gasteiger partial charge < -0.3 is 9.47 Å². The first-order valence-electron chi connectivity index (χ1n) is 7.65. The van der Waals surface area contributed by atoms with Crippen LogP contribution in [-0.2, 0) is 19.4 Å². The molecule has 8 heteroatoms. The predicted octanol–water partition coefficient (Wildman–Crippen LogP) is 2.94. The van der Waals surface area contributed by atoms with Gasteiger partial charge in [0.25, 0.3) is 6.10 Å². The third-order valence-electron chi connectivity index (χ3n) is 3.37. The Bertz CT molecular complexity index is 888. The molecular formula is C18H17ClO6S. The minimum atomic E-state index is -3.39. The minimum Gasteiger partial charge on any atom is -0.470 e. The van der Waals surface area contributed by atoms with Crippen LogP contribution in [0, 0.1) is 0 Å². The molecule has 0 heterocycles. The molecule has 1 atom stereocenters. The first-order valence-corrected chi connectivity index (χ1v) is 9.92. The minimum absolute atomic E-state index is 0.0698. The van der Waals surface area contributed by atoms with E-state index in [2.05, 4.69) is 0 Å². The number of carbonyl (C=O) groups excluding carboxylic acids is 2. The van der Waals surface area contributed by atoms with Crippen LogP contribution >= 0.6 is 11.6 Å². The smallest absolute Gasteiger partial charge is 0.355 e. The molecular weight excluding hydrogens is 380 g/mol. The van der Waals surface area contributed by atoms with Gasteiger partial charge in [-0.05, 0) is 55.5 Å². The van der Waals surface area contributed by atoms with Crippen molar-refractivity contribution in [1.29, 1.82) is 0 Å². The predicted molar refractivity (Wildman–Crippen MR) is 96.4 cm³/mol. The molecule has 2 rings (SSSR count). The molecule has 0 fully saturated rings. The number of carbonyl (C=O) groups is 2. The van der Waals surface area contributed by atoms with Crippen molar-refractivity contribution < 1.29 is 27.5 Å². The average Bonchev–Trinajstić information content (AvgIpc) is 2.60. The van der Waals surface area contributed by atoms with E-state index in [-0.39, 0.29) is 22.8 Å². The van der Waals surface area contributed by atoms with E-state index in [1.807, 2.05) is 0 Å². The molecule has 26 heavy (non-hydrogen) atoms. The first kappa shape index (κ1) is 19.9. The van der Waals surface area contributed by atoms with Crippen molar-refractivity contribution in [2.75, 3.05) is 12.9 Å². The zero-order valence-corrected chi connectivity index (χ0v) is 15.7. The number of ether oxygens (including phenoxy) is 2. The summed E-state index contributed by atoms with van der Waals surface area (Å²) >= 11 is 5.81. The summed E-state index contributed by atoms with van der Waals surface area (Å²) in [6, 6.07) is 11.4. The van der Waals surface area contributed by atoms with Crippen molar-refractivity contribution in [2.45, 2.75) is 17.9 Å². The Kier molecular flexibility index (Phi) is 6.39. The Morgan fingerprint density at radius 2 is 1.62 bits per heavy atom. The highest BCUT2D eigenvalue weighted by molar-refractivity contribution is 7.90. The van der Waals surface area contributed by atoms with Crippen LogP contribution < -0.4 is 4.74 Å². The zero-order valence-electron chi connectivity index (χ0n) is 14.1. The van der Waals surface area contributed by atoms with Gasteiger partial charge in [0.05, 0.1) is 11.5 Å². The third kappa shape index (κ3) is 5.06. The van der Waals surface area contributed by atoms with Crippen LogP contribution in [0.2, 0.25) is 5.02 Å². The molecule has 0 N–H and O–H groups in total. The molecule has 2 aromatic carbocycles. The fraction of sp³-hybridized carbons (Fsp3) is 0.222. The number of hydrogen-bond acceptors (Lipinski definition) is 6. The summed E-state index contributed by atoms with van der Waals surface area (Å²) < 4.78 is 33.4. The van der Waals surface area contributed by atoms with Gasteiger partial charge >= 0.3 is 5.97 Å². The van der Waals surface area contributed by atoms with E-state index in [9.17, 15) is 18.0 Å². The van der Waals surface area contributed by atoms with Gasteiger partial charge in [0, 0.05) is 16.8 Å². The molecule has 0 saturated carbocycles. The monoisotopic (exact) mass is 396 g/mol. The van der Waals surface area contributed by atoms with Gasteiger partial charge in [0.15, 0.2) is 9.84 Å². The van der Waals surface area contributed by atoms with Crippen LogP contribution in [-0.4, -0.2) is 39.1 Å². The largest absolute Gasteiger partial charge is 0.470 e.